The van der Waals surface area contributed by atoms with Crippen LogP contribution < -0.4 is 5.11 Å². The molecule has 0 amide bonds. The summed E-state index contributed by atoms with van der Waals surface area (Å²) in [5.74, 6) is -2.59. The Kier molecular flexibility index (Phi) is 14.3. The van der Waals surface area contributed by atoms with Crippen molar-refractivity contribution in [2.45, 2.75) is 89.3 Å². The molecule has 2 atom stereocenters. The fourth-order valence-corrected chi connectivity index (χ4v) is 3.19. The first-order valence-electron chi connectivity index (χ1n) is 10.6. The van der Waals surface area contributed by atoms with Crippen LogP contribution in [0.4, 0.5) is 0 Å². The average molecular weight is 418 g/mol. The lowest BCUT2D eigenvalue weighted by Gasteiger charge is -2.29. The predicted octanol–water partition coefficient (Wildman–Crippen LogP) is 1.48. The van der Waals surface area contributed by atoms with E-state index in [1.54, 1.807) is 0 Å². The second-order valence-corrected chi connectivity index (χ2v) is 8.78. The summed E-state index contributed by atoms with van der Waals surface area (Å²) < 4.78 is 5.69. The minimum Gasteiger partial charge on any atom is -0.550 e. The minimum absolute atomic E-state index is 0.135. The van der Waals surface area contributed by atoms with Gasteiger partial charge < -0.3 is 29.3 Å². The Morgan fingerprint density at radius 1 is 0.897 bits per heavy atom. The highest BCUT2D eigenvalue weighted by atomic mass is 16.5. The van der Waals surface area contributed by atoms with Crippen LogP contribution >= 0.6 is 0 Å². The zero-order valence-electron chi connectivity index (χ0n) is 18.2. The molecule has 0 aliphatic heterocycles. The second-order valence-electron chi connectivity index (χ2n) is 8.78. The summed E-state index contributed by atoms with van der Waals surface area (Å²) in [7, 11) is 5.63. The Hall–Kier alpha value is -1.67. The third-order valence-electron chi connectivity index (χ3n) is 4.52. The van der Waals surface area contributed by atoms with Gasteiger partial charge in [-0.3, -0.25) is 9.59 Å². The van der Waals surface area contributed by atoms with Gasteiger partial charge in [0.1, 0.15) is 6.54 Å². The summed E-state index contributed by atoms with van der Waals surface area (Å²) in [6.07, 6.45) is 6.43. The molecule has 29 heavy (non-hydrogen) atoms. The van der Waals surface area contributed by atoms with Crippen molar-refractivity contribution in [2.24, 2.45) is 0 Å². The summed E-state index contributed by atoms with van der Waals surface area (Å²) in [6.45, 7) is 0.353. The number of aliphatic hydroxyl groups is 1. The van der Waals surface area contributed by atoms with Crippen LogP contribution in [0.5, 0.6) is 0 Å². The van der Waals surface area contributed by atoms with E-state index in [0.29, 0.717) is 17.4 Å². The fourth-order valence-electron chi connectivity index (χ4n) is 3.19. The fraction of sp³-hybridized carbons (Fsp3) is 0.857. The summed E-state index contributed by atoms with van der Waals surface area (Å²) >= 11 is 0. The monoisotopic (exact) mass is 417 g/mol. The number of esters is 1. The summed E-state index contributed by atoms with van der Waals surface area (Å²) in [4.78, 5) is 33.2. The van der Waals surface area contributed by atoms with Crippen LogP contribution in [0, 0.1) is 0 Å². The third kappa shape index (κ3) is 19.4. The number of carbonyl (C=O) groups is 3. The molecule has 0 aliphatic rings. The number of hydrogen-bond acceptors (Lipinski definition) is 6. The maximum atomic E-state index is 12.0. The van der Waals surface area contributed by atoms with Gasteiger partial charge in [-0.05, 0) is 12.8 Å². The summed E-state index contributed by atoms with van der Waals surface area (Å²) in [5, 5.41) is 29.4. The van der Waals surface area contributed by atoms with Gasteiger partial charge in [0, 0.05) is 18.8 Å². The third-order valence-corrected chi connectivity index (χ3v) is 4.52. The Labute approximate surface area is 174 Å². The molecule has 0 fully saturated rings. The van der Waals surface area contributed by atoms with Gasteiger partial charge in [-0.25, -0.2) is 0 Å². The second kappa shape index (κ2) is 15.2. The van der Waals surface area contributed by atoms with E-state index in [1.807, 2.05) is 21.1 Å². The van der Waals surface area contributed by atoms with Crippen LogP contribution in [0.2, 0.25) is 0 Å². The standard InChI is InChI=1S/C21H39NO7/c1-22(2,3)16-18(15-20(26)27)29-21(28)14-17(23)12-10-8-6-4-5-7-9-11-13-19(24)25/h17-18,23H,4-16H2,1-3H3,(H-,24,25,26,27). The van der Waals surface area contributed by atoms with Crippen molar-refractivity contribution in [3.63, 3.8) is 0 Å². The maximum Gasteiger partial charge on any atom is 0.308 e. The number of hydrogen-bond donors (Lipinski definition) is 2. The van der Waals surface area contributed by atoms with Crippen molar-refractivity contribution < 1.29 is 38.9 Å². The predicted molar refractivity (Wildman–Crippen MR) is 107 cm³/mol. The molecule has 0 aromatic rings. The van der Waals surface area contributed by atoms with Crippen molar-refractivity contribution in [1.29, 1.82) is 0 Å². The van der Waals surface area contributed by atoms with Crippen molar-refractivity contribution in [1.82, 2.24) is 0 Å². The van der Waals surface area contributed by atoms with Crippen molar-refractivity contribution in [3.8, 4) is 0 Å². The molecule has 8 nitrogen and oxygen atoms in total. The lowest BCUT2D eigenvalue weighted by molar-refractivity contribution is -0.873. The van der Waals surface area contributed by atoms with Gasteiger partial charge in [0.15, 0.2) is 6.10 Å². The Balaban J connectivity index is 3.86. The maximum absolute atomic E-state index is 12.0. The molecule has 8 heteroatoms. The van der Waals surface area contributed by atoms with E-state index in [-0.39, 0.29) is 19.3 Å². The highest BCUT2D eigenvalue weighted by molar-refractivity contribution is 5.71. The van der Waals surface area contributed by atoms with Gasteiger partial charge in [-0.15, -0.1) is 0 Å². The molecule has 0 bridgehead atoms. The van der Waals surface area contributed by atoms with Crippen LogP contribution in [0.15, 0.2) is 0 Å². The molecule has 0 aromatic carbocycles. The molecule has 170 valence electrons. The molecule has 0 aromatic heterocycles. The van der Waals surface area contributed by atoms with Gasteiger partial charge in [0.25, 0.3) is 0 Å². The Bertz CT molecular complexity index is 488. The van der Waals surface area contributed by atoms with E-state index < -0.39 is 30.1 Å². The number of aliphatic hydroxyl groups excluding tert-OH is 1. The Morgan fingerprint density at radius 3 is 1.90 bits per heavy atom. The normalized spacial score (nSPS) is 13.7. The molecule has 0 rings (SSSR count). The number of rotatable bonds is 18. The molecule has 2 unspecified atom stereocenters. The minimum atomic E-state index is -1.27. The van der Waals surface area contributed by atoms with E-state index in [9.17, 15) is 24.6 Å². The number of carboxylic acids is 2. The molecule has 0 aliphatic carbocycles. The summed E-state index contributed by atoms with van der Waals surface area (Å²) in [6, 6.07) is 0. The number of nitrogens with zero attached hydrogens (tertiary/aromatic N) is 1. The van der Waals surface area contributed by atoms with E-state index in [2.05, 4.69) is 0 Å². The van der Waals surface area contributed by atoms with Crippen LogP contribution in [-0.4, -0.2) is 72.5 Å². The lowest BCUT2D eigenvalue weighted by atomic mass is 10.0. The Morgan fingerprint density at radius 2 is 1.41 bits per heavy atom. The van der Waals surface area contributed by atoms with Crippen molar-refractivity contribution in [2.75, 3.05) is 27.7 Å². The van der Waals surface area contributed by atoms with Crippen LogP contribution in [0.25, 0.3) is 0 Å². The van der Waals surface area contributed by atoms with E-state index in [1.165, 1.54) is 0 Å². The number of aliphatic carboxylic acids is 2. The van der Waals surface area contributed by atoms with E-state index >= 15 is 0 Å². The summed E-state index contributed by atoms with van der Waals surface area (Å²) in [5.41, 5.74) is 0. The zero-order chi connectivity index (χ0) is 22.3. The number of carbonyl (C=O) groups excluding carboxylic acids is 2. The molecular weight excluding hydrogens is 378 g/mol. The molecular formula is C21H39NO7. The molecule has 0 saturated carbocycles. The van der Waals surface area contributed by atoms with Crippen molar-refractivity contribution in [3.05, 3.63) is 0 Å². The molecule has 2 N–H and O–H groups in total. The first-order valence-corrected chi connectivity index (χ1v) is 10.6. The van der Waals surface area contributed by atoms with E-state index in [0.717, 1.165) is 51.4 Å². The number of likely N-dealkylation sites (N-methyl/N-ethyl adjacent to an activating group) is 1. The first-order chi connectivity index (χ1) is 13.5. The van der Waals surface area contributed by atoms with Gasteiger partial charge in [-0.1, -0.05) is 44.9 Å². The SMILES string of the molecule is C[N+](C)(C)CC(CC(=O)[O-])OC(=O)CC(O)CCCCCCCCCCC(=O)O. The van der Waals surface area contributed by atoms with Crippen LogP contribution in [0.1, 0.15) is 77.0 Å². The highest BCUT2D eigenvalue weighted by Gasteiger charge is 2.23. The van der Waals surface area contributed by atoms with Gasteiger partial charge >= 0.3 is 11.9 Å². The van der Waals surface area contributed by atoms with Gasteiger partial charge in [-0.2, -0.15) is 0 Å². The van der Waals surface area contributed by atoms with E-state index in [4.69, 9.17) is 9.84 Å². The lowest BCUT2D eigenvalue weighted by Crippen LogP contribution is -2.45. The highest BCUT2D eigenvalue weighted by Crippen LogP contribution is 2.13. The van der Waals surface area contributed by atoms with Crippen molar-refractivity contribution >= 4 is 17.9 Å². The largest absolute Gasteiger partial charge is 0.550 e. The molecule has 0 heterocycles. The number of ether oxygens (including phenoxy) is 1. The first kappa shape index (κ1) is 27.3. The smallest absolute Gasteiger partial charge is 0.308 e. The van der Waals surface area contributed by atoms with Crippen LogP contribution in [-0.2, 0) is 19.1 Å². The van der Waals surface area contributed by atoms with Crippen LogP contribution in [0.3, 0.4) is 0 Å². The molecule has 0 radical (unpaired) electrons. The molecule has 0 spiro atoms. The number of carboxylic acid groups (broad SMARTS) is 2. The van der Waals surface area contributed by atoms with Gasteiger partial charge in [0.05, 0.1) is 33.7 Å². The number of unbranched alkanes of at least 4 members (excludes halogenated alkanes) is 7. The number of quaternary nitrogens is 1. The van der Waals surface area contributed by atoms with Gasteiger partial charge in [0.2, 0.25) is 0 Å². The molecule has 0 saturated heterocycles. The quantitative estimate of drug-likeness (QED) is 0.197. The average Bonchev–Trinajstić information content (AvgIpc) is 2.53. The zero-order valence-corrected chi connectivity index (χ0v) is 18.2. The topological polar surface area (TPSA) is 124 Å².